The average Bonchev–Trinajstić information content (AvgIpc) is 2.66. The standard InChI is InChI=1S/C20H25NO3/c22-14-17-10-8-16(9-11-17)13-21-19-6-1-2-7-20(19)24-15-18-5-3-4-12-23-18/h1-2,6-11,18,21-22H,3-5,12-15H2. The van der Waals surface area contributed by atoms with Gasteiger partial charge in [-0.3, -0.25) is 0 Å². The Hall–Kier alpha value is -2.04. The minimum atomic E-state index is 0.0770. The van der Waals surface area contributed by atoms with E-state index in [0.29, 0.717) is 13.2 Å². The number of benzene rings is 2. The van der Waals surface area contributed by atoms with Crippen molar-refractivity contribution in [2.75, 3.05) is 18.5 Å². The first-order chi connectivity index (χ1) is 11.8. The molecule has 1 atom stereocenters. The van der Waals surface area contributed by atoms with Crippen LogP contribution in [0.15, 0.2) is 48.5 Å². The van der Waals surface area contributed by atoms with Crippen molar-refractivity contribution in [3.63, 3.8) is 0 Å². The van der Waals surface area contributed by atoms with E-state index in [1.54, 1.807) is 0 Å². The van der Waals surface area contributed by atoms with Gasteiger partial charge < -0.3 is 19.9 Å². The second kappa shape index (κ2) is 8.71. The number of ether oxygens (including phenoxy) is 2. The van der Waals surface area contributed by atoms with Crippen LogP contribution < -0.4 is 10.1 Å². The van der Waals surface area contributed by atoms with Gasteiger partial charge in [0, 0.05) is 13.2 Å². The van der Waals surface area contributed by atoms with Gasteiger partial charge in [0.25, 0.3) is 0 Å². The van der Waals surface area contributed by atoms with Crippen molar-refractivity contribution in [1.82, 2.24) is 0 Å². The van der Waals surface area contributed by atoms with Crippen molar-refractivity contribution >= 4 is 5.69 Å². The zero-order chi connectivity index (χ0) is 16.6. The van der Waals surface area contributed by atoms with E-state index in [0.717, 1.165) is 42.0 Å². The zero-order valence-electron chi connectivity index (χ0n) is 13.9. The molecular formula is C20H25NO3. The van der Waals surface area contributed by atoms with Crippen LogP contribution in [0.5, 0.6) is 5.75 Å². The van der Waals surface area contributed by atoms with Crippen molar-refractivity contribution < 1.29 is 14.6 Å². The maximum Gasteiger partial charge on any atom is 0.142 e. The molecule has 3 rings (SSSR count). The summed E-state index contributed by atoms with van der Waals surface area (Å²) in [5, 5.41) is 12.5. The number of anilines is 1. The third kappa shape index (κ3) is 4.73. The van der Waals surface area contributed by atoms with E-state index in [-0.39, 0.29) is 12.7 Å². The minimum absolute atomic E-state index is 0.0770. The van der Waals surface area contributed by atoms with E-state index < -0.39 is 0 Å². The average molecular weight is 327 g/mol. The number of rotatable bonds is 7. The van der Waals surface area contributed by atoms with E-state index in [4.69, 9.17) is 14.6 Å². The van der Waals surface area contributed by atoms with Crippen LogP contribution in [-0.4, -0.2) is 24.4 Å². The summed E-state index contributed by atoms with van der Waals surface area (Å²) in [6.07, 6.45) is 3.66. The van der Waals surface area contributed by atoms with Gasteiger partial charge in [-0.25, -0.2) is 0 Å². The molecule has 1 aliphatic rings. The third-order valence-corrected chi connectivity index (χ3v) is 4.27. The number of para-hydroxylation sites is 2. The summed E-state index contributed by atoms with van der Waals surface area (Å²) in [6.45, 7) is 2.24. The van der Waals surface area contributed by atoms with Gasteiger partial charge in [-0.05, 0) is 42.5 Å². The molecule has 2 N–H and O–H groups in total. The van der Waals surface area contributed by atoms with E-state index in [1.807, 2.05) is 48.5 Å². The molecule has 0 aliphatic carbocycles. The van der Waals surface area contributed by atoms with E-state index in [9.17, 15) is 0 Å². The molecule has 4 nitrogen and oxygen atoms in total. The van der Waals surface area contributed by atoms with Gasteiger partial charge in [0.15, 0.2) is 0 Å². The Labute approximate surface area is 143 Å². The van der Waals surface area contributed by atoms with Crippen LogP contribution in [0.1, 0.15) is 30.4 Å². The van der Waals surface area contributed by atoms with E-state index in [1.165, 1.54) is 6.42 Å². The molecular weight excluding hydrogens is 302 g/mol. The van der Waals surface area contributed by atoms with Crippen molar-refractivity contribution in [1.29, 1.82) is 0 Å². The second-order valence-corrected chi connectivity index (χ2v) is 6.12. The van der Waals surface area contributed by atoms with Crippen LogP contribution in [0, 0.1) is 0 Å². The maximum absolute atomic E-state index is 9.10. The zero-order valence-corrected chi connectivity index (χ0v) is 13.9. The van der Waals surface area contributed by atoms with Crippen molar-refractivity contribution in [2.45, 2.75) is 38.5 Å². The molecule has 2 aromatic rings. The van der Waals surface area contributed by atoms with Crippen LogP contribution >= 0.6 is 0 Å². The van der Waals surface area contributed by atoms with Crippen molar-refractivity contribution in [2.24, 2.45) is 0 Å². The molecule has 24 heavy (non-hydrogen) atoms. The Kier molecular flexibility index (Phi) is 6.10. The molecule has 1 fully saturated rings. The Bertz CT molecular complexity index is 621. The van der Waals surface area contributed by atoms with E-state index in [2.05, 4.69) is 5.32 Å². The van der Waals surface area contributed by atoms with Gasteiger partial charge in [-0.1, -0.05) is 36.4 Å². The summed E-state index contributed by atoms with van der Waals surface area (Å²) < 4.78 is 11.7. The highest BCUT2D eigenvalue weighted by atomic mass is 16.5. The van der Waals surface area contributed by atoms with Crippen LogP contribution in [0.4, 0.5) is 5.69 Å². The van der Waals surface area contributed by atoms with Crippen LogP contribution in [-0.2, 0) is 17.9 Å². The molecule has 1 unspecified atom stereocenters. The first-order valence-corrected chi connectivity index (χ1v) is 8.61. The molecule has 0 spiro atoms. The molecule has 1 heterocycles. The lowest BCUT2D eigenvalue weighted by Crippen LogP contribution is -2.26. The summed E-state index contributed by atoms with van der Waals surface area (Å²) >= 11 is 0. The SMILES string of the molecule is OCc1ccc(CNc2ccccc2OCC2CCCCO2)cc1. The molecule has 4 heteroatoms. The lowest BCUT2D eigenvalue weighted by Gasteiger charge is -2.23. The topological polar surface area (TPSA) is 50.7 Å². The highest BCUT2D eigenvalue weighted by Gasteiger charge is 2.15. The molecule has 128 valence electrons. The molecule has 0 aromatic heterocycles. The highest BCUT2D eigenvalue weighted by Crippen LogP contribution is 2.25. The summed E-state index contributed by atoms with van der Waals surface area (Å²) in [5.74, 6) is 0.860. The largest absolute Gasteiger partial charge is 0.489 e. The minimum Gasteiger partial charge on any atom is -0.489 e. The maximum atomic E-state index is 9.10. The normalized spacial score (nSPS) is 17.5. The molecule has 0 bridgehead atoms. The third-order valence-electron chi connectivity index (χ3n) is 4.27. The smallest absolute Gasteiger partial charge is 0.142 e. The quantitative estimate of drug-likeness (QED) is 0.813. The van der Waals surface area contributed by atoms with Gasteiger partial charge in [0.05, 0.1) is 18.4 Å². The Balaban J connectivity index is 1.56. The Morgan fingerprint density at radius 1 is 1.04 bits per heavy atom. The van der Waals surface area contributed by atoms with Gasteiger partial charge >= 0.3 is 0 Å². The summed E-state index contributed by atoms with van der Waals surface area (Å²) in [4.78, 5) is 0. The molecule has 1 saturated heterocycles. The Morgan fingerprint density at radius 2 is 1.83 bits per heavy atom. The lowest BCUT2D eigenvalue weighted by atomic mass is 10.1. The van der Waals surface area contributed by atoms with Gasteiger partial charge in [-0.2, -0.15) is 0 Å². The molecule has 0 amide bonds. The van der Waals surface area contributed by atoms with Crippen LogP contribution in [0.25, 0.3) is 0 Å². The predicted octanol–water partition coefficient (Wildman–Crippen LogP) is 3.74. The van der Waals surface area contributed by atoms with Crippen molar-refractivity contribution in [3.8, 4) is 5.75 Å². The number of aliphatic hydroxyl groups excluding tert-OH is 1. The van der Waals surface area contributed by atoms with Gasteiger partial charge in [-0.15, -0.1) is 0 Å². The van der Waals surface area contributed by atoms with Crippen LogP contribution in [0.2, 0.25) is 0 Å². The number of hydrogen-bond acceptors (Lipinski definition) is 4. The van der Waals surface area contributed by atoms with Crippen LogP contribution in [0.3, 0.4) is 0 Å². The summed E-state index contributed by atoms with van der Waals surface area (Å²) in [5.41, 5.74) is 3.08. The first-order valence-electron chi connectivity index (χ1n) is 8.61. The fourth-order valence-corrected chi connectivity index (χ4v) is 2.82. The monoisotopic (exact) mass is 327 g/mol. The lowest BCUT2D eigenvalue weighted by molar-refractivity contribution is -0.0109. The van der Waals surface area contributed by atoms with Crippen molar-refractivity contribution in [3.05, 3.63) is 59.7 Å². The predicted molar refractivity (Wildman–Crippen MR) is 95.2 cm³/mol. The van der Waals surface area contributed by atoms with Gasteiger partial charge in [0.1, 0.15) is 12.4 Å². The first kappa shape index (κ1) is 16.8. The molecule has 0 radical (unpaired) electrons. The number of hydrogen-bond donors (Lipinski definition) is 2. The summed E-state index contributed by atoms with van der Waals surface area (Å²) in [6, 6.07) is 15.9. The Morgan fingerprint density at radius 3 is 2.58 bits per heavy atom. The molecule has 2 aromatic carbocycles. The number of aliphatic hydroxyl groups is 1. The summed E-state index contributed by atoms with van der Waals surface area (Å²) in [7, 11) is 0. The molecule has 0 saturated carbocycles. The fraction of sp³-hybridized carbons (Fsp3) is 0.400. The highest BCUT2D eigenvalue weighted by molar-refractivity contribution is 5.56. The number of nitrogens with one attached hydrogen (secondary N) is 1. The second-order valence-electron chi connectivity index (χ2n) is 6.12. The van der Waals surface area contributed by atoms with Gasteiger partial charge in [0.2, 0.25) is 0 Å². The fourth-order valence-electron chi connectivity index (χ4n) is 2.82. The molecule has 1 aliphatic heterocycles. The van der Waals surface area contributed by atoms with E-state index >= 15 is 0 Å².